The van der Waals surface area contributed by atoms with Crippen LogP contribution in [0.1, 0.15) is 29.6 Å². The number of likely N-dealkylation sites (tertiary alicyclic amines) is 1. The predicted octanol–water partition coefficient (Wildman–Crippen LogP) is 4.46. The van der Waals surface area contributed by atoms with E-state index in [0.717, 1.165) is 24.3 Å². The molecule has 1 unspecified atom stereocenters. The van der Waals surface area contributed by atoms with E-state index in [2.05, 4.69) is 4.98 Å². The number of rotatable bonds is 4. The van der Waals surface area contributed by atoms with Gasteiger partial charge in [-0.05, 0) is 43.7 Å². The number of aryl methyl sites for hydroxylation is 1. The van der Waals surface area contributed by atoms with Gasteiger partial charge in [-0.3, -0.25) is 4.79 Å². The average Bonchev–Trinajstić information content (AvgIpc) is 3.35. The van der Waals surface area contributed by atoms with E-state index >= 15 is 0 Å². The fourth-order valence-corrected chi connectivity index (χ4v) is 3.52. The van der Waals surface area contributed by atoms with Gasteiger partial charge in [0.25, 0.3) is 0 Å². The maximum Gasteiger partial charge on any atom is 0.228 e. The summed E-state index contributed by atoms with van der Waals surface area (Å²) in [5.41, 5.74) is 1.48. The normalized spacial score (nSPS) is 17.0. The standard InChI is InChI=1S/C20H19ClN2O3/c1-13-17(22-20(26-13)14-4-2-5-16(21)10-14)11-19(24)23-8-7-15(12-23)18-6-3-9-25-18/h2-6,9-10,15H,7-8,11-12H2,1H3. The summed E-state index contributed by atoms with van der Waals surface area (Å²) >= 11 is 6.03. The van der Waals surface area contributed by atoms with Crippen molar-refractivity contribution >= 4 is 17.5 Å². The minimum absolute atomic E-state index is 0.0631. The Bertz CT molecular complexity index is 917. The third-order valence-corrected chi connectivity index (χ3v) is 5.00. The Balaban J connectivity index is 1.45. The monoisotopic (exact) mass is 370 g/mol. The Morgan fingerprint density at radius 3 is 3.00 bits per heavy atom. The Kier molecular flexibility index (Phi) is 4.55. The summed E-state index contributed by atoms with van der Waals surface area (Å²) in [5, 5.41) is 0.622. The first kappa shape index (κ1) is 16.9. The number of oxazole rings is 1. The van der Waals surface area contributed by atoms with Gasteiger partial charge in [-0.1, -0.05) is 17.7 Å². The molecule has 0 N–H and O–H groups in total. The number of aromatic nitrogens is 1. The smallest absolute Gasteiger partial charge is 0.228 e. The molecule has 5 nitrogen and oxygen atoms in total. The molecule has 0 bridgehead atoms. The third-order valence-electron chi connectivity index (χ3n) is 4.77. The molecule has 134 valence electrons. The fourth-order valence-electron chi connectivity index (χ4n) is 3.33. The highest BCUT2D eigenvalue weighted by Crippen LogP contribution is 2.29. The highest BCUT2D eigenvalue weighted by Gasteiger charge is 2.29. The molecule has 0 saturated carbocycles. The van der Waals surface area contributed by atoms with Gasteiger partial charge in [0.15, 0.2) is 0 Å². The van der Waals surface area contributed by atoms with Crippen LogP contribution in [-0.4, -0.2) is 28.9 Å². The van der Waals surface area contributed by atoms with E-state index in [9.17, 15) is 4.79 Å². The first-order chi connectivity index (χ1) is 12.6. The Morgan fingerprint density at radius 2 is 2.23 bits per heavy atom. The van der Waals surface area contributed by atoms with E-state index in [0.29, 0.717) is 28.9 Å². The molecule has 3 aromatic rings. The lowest BCUT2D eigenvalue weighted by atomic mass is 10.1. The number of hydrogen-bond donors (Lipinski definition) is 0. The molecule has 0 radical (unpaired) electrons. The second-order valence-corrected chi connectivity index (χ2v) is 6.99. The topological polar surface area (TPSA) is 59.5 Å². The molecule has 4 rings (SSSR count). The summed E-state index contributed by atoms with van der Waals surface area (Å²) in [5.74, 6) is 2.43. The Hall–Kier alpha value is -2.53. The van der Waals surface area contributed by atoms with Crippen LogP contribution in [-0.2, 0) is 11.2 Å². The van der Waals surface area contributed by atoms with Crippen LogP contribution in [0.3, 0.4) is 0 Å². The minimum Gasteiger partial charge on any atom is -0.469 e. The quantitative estimate of drug-likeness (QED) is 0.680. The fraction of sp³-hybridized carbons (Fsp3) is 0.300. The van der Waals surface area contributed by atoms with Crippen LogP contribution >= 0.6 is 11.6 Å². The largest absolute Gasteiger partial charge is 0.469 e. The summed E-state index contributed by atoms with van der Waals surface area (Å²) in [6.07, 6.45) is 2.83. The number of furan rings is 1. The van der Waals surface area contributed by atoms with Gasteiger partial charge in [-0.15, -0.1) is 0 Å². The van der Waals surface area contributed by atoms with Gasteiger partial charge < -0.3 is 13.7 Å². The molecule has 6 heteroatoms. The van der Waals surface area contributed by atoms with Crippen molar-refractivity contribution in [3.05, 3.63) is 64.9 Å². The zero-order valence-electron chi connectivity index (χ0n) is 14.4. The zero-order chi connectivity index (χ0) is 18.1. The van der Waals surface area contributed by atoms with Gasteiger partial charge in [0, 0.05) is 29.6 Å². The summed E-state index contributed by atoms with van der Waals surface area (Å²) in [7, 11) is 0. The molecule has 1 aliphatic heterocycles. The summed E-state index contributed by atoms with van der Waals surface area (Å²) in [6.45, 7) is 3.26. The van der Waals surface area contributed by atoms with Crippen molar-refractivity contribution in [1.29, 1.82) is 0 Å². The molecule has 2 aromatic heterocycles. The molecular formula is C20H19ClN2O3. The summed E-state index contributed by atoms with van der Waals surface area (Å²) in [6, 6.07) is 11.2. The number of benzene rings is 1. The number of nitrogens with zero attached hydrogens (tertiary/aromatic N) is 2. The van der Waals surface area contributed by atoms with Crippen LogP contribution in [0.2, 0.25) is 5.02 Å². The van der Waals surface area contributed by atoms with Gasteiger partial charge in [0.05, 0.1) is 18.4 Å². The van der Waals surface area contributed by atoms with Crippen LogP contribution in [0.4, 0.5) is 0 Å². The lowest BCUT2D eigenvalue weighted by Crippen LogP contribution is -2.30. The van der Waals surface area contributed by atoms with Gasteiger partial charge in [0.1, 0.15) is 11.5 Å². The summed E-state index contributed by atoms with van der Waals surface area (Å²) in [4.78, 5) is 19.1. The SMILES string of the molecule is Cc1oc(-c2cccc(Cl)c2)nc1CC(=O)N1CCC(c2ccco2)C1. The molecule has 0 aliphatic carbocycles. The molecule has 1 aliphatic rings. The highest BCUT2D eigenvalue weighted by atomic mass is 35.5. The number of carbonyl (C=O) groups excluding carboxylic acids is 1. The van der Waals surface area contributed by atoms with E-state index in [-0.39, 0.29) is 18.2 Å². The van der Waals surface area contributed by atoms with E-state index in [1.165, 1.54) is 0 Å². The van der Waals surface area contributed by atoms with Crippen molar-refractivity contribution in [1.82, 2.24) is 9.88 Å². The maximum atomic E-state index is 12.7. The Morgan fingerprint density at radius 1 is 1.35 bits per heavy atom. The molecule has 1 aromatic carbocycles. The lowest BCUT2D eigenvalue weighted by Gasteiger charge is -2.15. The first-order valence-electron chi connectivity index (χ1n) is 8.63. The van der Waals surface area contributed by atoms with Crippen molar-refractivity contribution in [3.63, 3.8) is 0 Å². The van der Waals surface area contributed by atoms with Crippen LogP contribution in [0.15, 0.2) is 51.5 Å². The van der Waals surface area contributed by atoms with Gasteiger partial charge in [-0.2, -0.15) is 0 Å². The van der Waals surface area contributed by atoms with E-state index in [1.54, 1.807) is 18.4 Å². The lowest BCUT2D eigenvalue weighted by molar-refractivity contribution is -0.129. The average molecular weight is 371 g/mol. The molecule has 1 atom stereocenters. The van der Waals surface area contributed by atoms with E-state index in [4.69, 9.17) is 20.4 Å². The number of halogens is 1. The second kappa shape index (κ2) is 7.00. The summed E-state index contributed by atoms with van der Waals surface area (Å²) < 4.78 is 11.2. The van der Waals surface area contributed by atoms with Crippen molar-refractivity contribution in [2.75, 3.05) is 13.1 Å². The van der Waals surface area contributed by atoms with Crippen LogP contribution in [0.25, 0.3) is 11.5 Å². The molecule has 1 saturated heterocycles. The molecule has 3 heterocycles. The predicted molar refractivity (Wildman–Crippen MR) is 98.0 cm³/mol. The molecule has 26 heavy (non-hydrogen) atoms. The van der Waals surface area contributed by atoms with Crippen LogP contribution in [0, 0.1) is 6.92 Å². The molecule has 0 spiro atoms. The maximum absolute atomic E-state index is 12.7. The van der Waals surface area contributed by atoms with Crippen LogP contribution < -0.4 is 0 Å². The van der Waals surface area contributed by atoms with Crippen molar-refractivity contribution in [2.45, 2.75) is 25.7 Å². The highest BCUT2D eigenvalue weighted by molar-refractivity contribution is 6.30. The molecular weight excluding hydrogens is 352 g/mol. The van der Waals surface area contributed by atoms with Crippen molar-refractivity contribution < 1.29 is 13.6 Å². The second-order valence-electron chi connectivity index (χ2n) is 6.55. The van der Waals surface area contributed by atoms with Crippen LogP contribution in [0.5, 0.6) is 0 Å². The first-order valence-corrected chi connectivity index (χ1v) is 9.01. The van der Waals surface area contributed by atoms with Gasteiger partial charge in [0.2, 0.25) is 11.8 Å². The van der Waals surface area contributed by atoms with Gasteiger partial charge >= 0.3 is 0 Å². The van der Waals surface area contributed by atoms with Crippen molar-refractivity contribution in [3.8, 4) is 11.5 Å². The zero-order valence-corrected chi connectivity index (χ0v) is 15.2. The van der Waals surface area contributed by atoms with E-state index < -0.39 is 0 Å². The molecule has 1 amide bonds. The number of hydrogen-bond acceptors (Lipinski definition) is 4. The van der Waals surface area contributed by atoms with E-state index in [1.807, 2.05) is 36.1 Å². The molecule has 1 fully saturated rings. The Labute approximate surface area is 156 Å². The van der Waals surface area contributed by atoms with Gasteiger partial charge in [-0.25, -0.2) is 4.98 Å². The minimum atomic E-state index is 0.0631. The number of carbonyl (C=O) groups is 1. The van der Waals surface area contributed by atoms with Crippen molar-refractivity contribution in [2.24, 2.45) is 0 Å². The third kappa shape index (κ3) is 3.40. The number of amides is 1.